The maximum atomic E-state index is 5.80. The number of hydrogen-bond acceptors (Lipinski definition) is 3. The molecule has 1 fully saturated rings. The van der Waals surface area contributed by atoms with Crippen LogP contribution in [0, 0.1) is 12.8 Å². The third kappa shape index (κ3) is 3.11. The van der Waals surface area contributed by atoms with Gasteiger partial charge in [0.05, 0.1) is 17.6 Å². The summed E-state index contributed by atoms with van der Waals surface area (Å²) in [6.45, 7) is 9.29. The Labute approximate surface area is 126 Å². The van der Waals surface area contributed by atoms with Crippen LogP contribution in [-0.2, 0) is 13.1 Å². The third-order valence-corrected chi connectivity index (χ3v) is 4.58. The Kier molecular flexibility index (Phi) is 4.27. The fraction of sp³-hybridized carbons (Fsp3) is 0.588. The van der Waals surface area contributed by atoms with Crippen LogP contribution < -0.4 is 5.73 Å². The largest absolute Gasteiger partial charge is 0.329 e. The van der Waals surface area contributed by atoms with Crippen molar-refractivity contribution in [2.75, 3.05) is 19.6 Å². The van der Waals surface area contributed by atoms with Crippen LogP contribution in [0.15, 0.2) is 18.2 Å². The van der Waals surface area contributed by atoms with Gasteiger partial charge in [0, 0.05) is 13.1 Å². The molecule has 2 N–H and O–H groups in total. The van der Waals surface area contributed by atoms with Gasteiger partial charge in [-0.3, -0.25) is 4.90 Å². The van der Waals surface area contributed by atoms with Crippen molar-refractivity contribution < 1.29 is 0 Å². The third-order valence-electron chi connectivity index (χ3n) is 4.58. The standard InChI is InChI=1S/C17H26N4/c1-13-5-8-20(9-6-13)12-17-19-15-11-14(2)3-4-16(15)21(17)10-7-18/h3-4,11,13H,5-10,12,18H2,1-2H3. The lowest BCUT2D eigenvalue weighted by atomic mass is 9.99. The summed E-state index contributed by atoms with van der Waals surface area (Å²) in [6, 6.07) is 6.50. The van der Waals surface area contributed by atoms with Gasteiger partial charge in [-0.25, -0.2) is 4.98 Å². The van der Waals surface area contributed by atoms with Crippen molar-refractivity contribution in [2.24, 2.45) is 11.7 Å². The predicted molar refractivity (Wildman–Crippen MR) is 87.2 cm³/mol. The number of nitrogens with two attached hydrogens (primary N) is 1. The minimum absolute atomic E-state index is 0.656. The molecule has 114 valence electrons. The van der Waals surface area contributed by atoms with Gasteiger partial charge in [-0.2, -0.15) is 0 Å². The number of hydrogen-bond donors (Lipinski definition) is 1. The molecule has 4 nitrogen and oxygen atoms in total. The van der Waals surface area contributed by atoms with Crippen molar-refractivity contribution in [3.05, 3.63) is 29.6 Å². The second-order valence-corrected chi connectivity index (χ2v) is 6.42. The quantitative estimate of drug-likeness (QED) is 0.939. The molecule has 2 heterocycles. The molecule has 0 atom stereocenters. The van der Waals surface area contributed by atoms with Gasteiger partial charge in [-0.05, 0) is 56.5 Å². The summed E-state index contributed by atoms with van der Waals surface area (Å²) in [4.78, 5) is 7.40. The molecular weight excluding hydrogens is 260 g/mol. The summed E-state index contributed by atoms with van der Waals surface area (Å²) >= 11 is 0. The van der Waals surface area contributed by atoms with E-state index in [1.165, 1.54) is 37.0 Å². The molecule has 0 spiro atoms. The predicted octanol–water partition coefficient (Wildman–Crippen LogP) is 2.54. The Bertz CT molecular complexity index is 609. The van der Waals surface area contributed by atoms with Gasteiger partial charge in [0.15, 0.2) is 0 Å². The van der Waals surface area contributed by atoms with Crippen LogP contribution in [0.5, 0.6) is 0 Å². The van der Waals surface area contributed by atoms with Crippen molar-refractivity contribution in [1.29, 1.82) is 0 Å². The van der Waals surface area contributed by atoms with Gasteiger partial charge < -0.3 is 10.3 Å². The molecule has 1 aliphatic heterocycles. The van der Waals surface area contributed by atoms with E-state index in [9.17, 15) is 0 Å². The van der Waals surface area contributed by atoms with Gasteiger partial charge in [0.25, 0.3) is 0 Å². The monoisotopic (exact) mass is 286 g/mol. The fourth-order valence-electron chi connectivity index (χ4n) is 3.21. The van der Waals surface area contributed by atoms with Crippen LogP contribution in [0.4, 0.5) is 0 Å². The zero-order valence-corrected chi connectivity index (χ0v) is 13.2. The molecule has 1 aromatic carbocycles. The van der Waals surface area contributed by atoms with E-state index in [0.717, 1.165) is 30.3 Å². The van der Waals surface area contributed by atoms with Crippen LogP contribution in [-0.4, -0.2) is 34.1 Å². The lowest BCUT2D eigenvalue weighted by molar-refractivity contribution is 0.180. The number of nitrogens with zero attached hydrogens (tertiary/aromatic N) is 3. The highest BCUT2D eigenvalue weighted by atomic mass is 15.2. The lowest BCUT2D eigenvalue weighted by Gasteiger charge is -2.29. The highest BCUT2D eigenvalue weighted by molar-refractivity contribution is 5.76. The number of aromatic nitrogens is 2. The second kappa shape index (κ2) is 6.16. The average Bonchev–Trinajstić information content (AvgIpc) is 2.79. The maximum Gasteiger partial charge on any atom is 0.124 e. The smallest absolute Gasteiger partial charge is 0.124 e. The first-order chi connectivity index (χ1) is 10.2. The first-order valence-electron chi connectivity index (χ1n) is 8.05. The first-order valence-corrected chi connectivity index (χ1v) is 8.05. The van der Waals surface area contributed by atoms with Crippen LogP contribution in [0.3, 0.4) is 0 Å². The summed E-state index contributed by atoms with van der Waals surface area (Å²) in [5.74, 6) is 2.03. The zero-order valence-electron chi connectivity index (χ0n) is 13.2. The Morgan fingerprint density at radius 3 is 2.76 bits per heavy atom. The summed E-state index contributed by atoms with van der Waals surface area (Å²) < 4.78 is 2.30. The van der Waals surface area contributed by atoms with Crippen molar-refractivity contribution in [2.45, 2.75) is 39.8 Å². The fourth-order valence-corrected chi connectivity index (χ4v) is 3.21. The molecule has 0 aliphatic carbocycles. The molecule has 4 heteroatoms. The Morgan fingerprint density at radius 2 is 2.05 bits per heavy atom. The number of imidazole rings is 1. The first kappa shape index (κ1) is 14.5. The van der Waals surface area contributed by atoms with Crippen LogP contribution in [0.1, 0.15) is 31.2 Å². The van der Waals surface area contributed by atoms with E-state index in [2.05, 4.69) is 41.5 Å². The number of fused-ring (bicyclic) bond motifs is 1. The average molecular weight is 286 g/mol. The van der Waals surface area contributed by atoms with E-state index in [-0.39, 0.29) is 0 Å². The van der Waals surface area contributed by atoms with Crippen molar-refractivity contribution in [3.63, 3.8) is 0 Å². The number of aryl methyl sites for hydroxylation is 1. The molecule has 1 aliphatic rings. The molecule has 21 heavy (non-hydrogen) atoms. The second-order valence-electron chi connectivity index (χ2n) is 6.42. The molecule has 0 radical (unpaired) electrons. The molecule has 1 saturated heterocycles. The van der Waals surface area contributed by atoms with E-state index in [0.29, 0.717) is 6.54 Å². The van der Waals surface area contributed by atoms with Gasteiger partial charge in [-0.15, -0.1) is 0 Å². The summed E-state index contributed by atoms with van der Waals surface area (Å²) in [7, 11) is 0. The van der Waals surface area contributed by atoms with Crippen LogP contribution >= 0.6 is 0 Å². The number of rotatable bonds is 4. The van der Waals surface area contributed by atoms with Gasteiger partial charge in [-0.1, -0.05) is 13.0 Å². The SMILES string of the molecule is Cc1ccc2c(c1)nc(CN1CCC(C)CC1)n2CCN. The van der Waals surface area contributed by atoms with Crippen LogP contribution in [0.2, 0.25) is 0 Å². The molecule has 0 saturated carbocycles. The number of benzene rings is 1. The molecule has 1 aromatic heterocycles. The summed E-state index contributed by atoms with van der Waals surface area (Å²) in [6.07, 6.45) is 2.60. The Balaban J connectivity index is 1.87. The van der Waals surface area contributed by atoms with Crippen molar-refractivity contribution >= 4 is 11.0 Å². The lowest BCUT2D eigenvalue weighted by Crippen LogP contribution is -2.33. The molecule has 0 bridgehead atoms. The van der Waals surface area contributed by atoms with Crippen molar-refractivity contribution in [3.8, 4) is 0 Å². The highest BCUT2D eigenvalue weighted by Gasteiger charge is 2.19. The maximum absolute atomic E-state index is 5.80. The van der Waals surface area contributed by atoms with Crippen LogP contribution in [0.25, 0.3) is 11.0 Å². The summed E-state index contributed by atoms with van der Waals surface area (Å²) in [5, 5.41) is 0. The molecule has 0 amide bonds. The van der Waals surface area contributed by atoms with E-state index >= 15 is 0 Å². The minimum atomic E-state index is 0.656. The van der Waals surface area contributed by atoms with Gasteiger partial charge >= 0.3 is 0 Å². The minimum Gasteiger partial charge on any atom is -0.329 e. The highest BCUT2D eigenvalue weighted by Crippen LogP contribution is 2.21. The van der Waals surface area contributed by atoms with E-state index in [1.807, 2.05) is 0 Å². The zero-order chi connectivity index (χ0) is 14.8. The topological polar surface area (TPSA) is 47.1 Å². The Morgan fingerprint density at radius 1 is 1.29 bits per heavy atom. The van der Waals surface area contributed by atoms with E-state index in [4.69, 9.17) is 10.7 Å². The van der Waals surface area contributed by atoms with E-state index < -0.39 is 0 Å². The molecule has 2 aromatic rings. The van der Waals surface area contributed by atoms with E-state index in [1.54, 1.807) is 0 Å². The normalized spacial score (nSPS) is 17.7. The van der Waals surface area contributed by atoms with Gasteiger partial charge in [0.2, 0.25) is 0 Å². The Hall–Kier alpha value is -1.39. The van der Waals surface area contributed by atoms with Crippen molar-refractivity contribution in [1.82, 2.24) is 14.5 Å². The number of piperidine rings is 1. The number of likely N-dealkylation sites (tertiary alicyclic amines) is 1. The summed E-state index contributed by atoms with van der Waals surface area (Å²) in [5.41, 5.74) is 9.38. The van der Waals surface area contributed by atoms with Gasteiger partial charge in [0.1, 0.15) is 5.82 Å². The molecule has 0 unspecified atom stereocenters. The molecular formula is C17H26N4. The molecule has 3 rings (SSSR count).